The predicted molar refractivity (Wildman–Crippen MR) is 69.6 cm³/mol. The second-order valence-corrected chi connectivity index (χ2v) is 4.96. The molecule has 0 bridgehead atoms. The second-order valence-electron chi connectivity index (χ2n) is 4.96. The first-order valence-corrected chi connectivity index (χ1v) is 6.23. The Morgan fingerprint density at radius 2 is 1.69 bits per heavy atom. The van der Waals surface area contributed by atoms with Gasteiger partial charge in [0.2, 0.25) is 0 Å². The fourth-order valence-corrected chi connectivity index (χ4v) is 2.38. The van der Waals surface area contributed by atoms with Gasteiger partial charge in [-0.15, -0.1) is 0 Å². The Kier molecular flexibility index (Phi) is 4.15. The van der Waals surface area contributed by atoms with Crippen molar-refractivity contribution in [2.45, 2.75) is 53.1 Å². The first-order chi connectivity index (χ1) is 7.43. The molecule has 1 aromatic carbocycles. The SMILES string of the molecule is CCC(CC)C(C)(O)c1ccc(C)c(C)c1. The Morgan fingerprint density at radius 3 is 2.12 bits per heavy atom. The van der Waals surface area contributed by atoms with E-state index in [0.29, 0.717) is 5.92 Å². The Balaban J connectivity index is 3.10. The zero-order valence-corrected chi connectivity index (χ0v) is 11.2. The van der Waals surface area contributed by atoms with Gasteiger partial charge in [0.05, 0.1) is 5.60 Å². The largest absolute Gasteiger partial charge is 0.385 e. The lowest BCUT2D eigenvalue weighted by molar-refractivity contribution is -0.00955. The summed E-state index contributed by atoms with van der Waals surface area (Å²) in [7, 11) is 0. The molecule has 16 heavy (non-hydrogen) atoms. The molecule has 0 saturated carbocycles. The Morgan fingerprint density at radius 1 is 1.12 bits per heavy atom. The molecule has 90 valence electrons. The summed E-state index contributed by atoms with van der Waals surface area (Å²) in [5.41, 5.74) is 2.87. The lowest BCUT2D eigenvalue weighted by Gasteiger charge is -2.32. The molecule has 0 saturated heterocycles. The molecule has 1 nitrogen and oxygen atoms in total. The van der Waals surface area contributed by atoms with Gasteiger partial charge >= 0.3 is 0 Å². The van der Waals surface area contributed by atoms with Crippen molar-refractivity contribution < 1.29 is 5.11 Å². The molecule has 1 unspecified atom stereocenters. The fraction of sp³-hybridized carbons (Fsp3) is 0.600. The quantitative estimate of drug-likeness (QED) is 0.814. The molecule has 1 aromatic rings. The van der Waals surface area contributed by atoms with Gasteiger partial charge in [0, 0.05) is 0 Å². The normalized spacial score (nSPS) is 15.2. The fourth-order valence-electron chi connectivity index (χ4n) is 2.38. The van der Waals surface area contributed by atoms with Crippen LogP contribution in [0.1, 0.15) is 50.3 Å². The Hall–Kier alpha value is -0.820. The van der Waals surface area contributed by atoms with E-state index in [0.717, 1.165) is 18.4 Å². The minimum atomic E-state index is -0.706. The maximum atomic E-state index is 10.7. The lowest BCUT2D eigenvalue weighted by atomic mass is 9.79. The molecule has 0 radical (unpaired) electrons. The molecule has 1 rings (SSSR count). The van der Waals surface area contributed by atoms with Crippen molar-refractivity contribution >= 4 is 0 Å². The van der Waals surface area contributed by atoms with Crippen LogP contribution >= 0.6 is 0 Å². The van der Waals surface area contributed by atoms with Crippen molar-refractivity contribution in [3.63, 3.8) is 0 Å². The number of aliphatic hydroxyl groups is 1. The molecular weight excluding hydrogens is 196 g/mol. The van der Waals surface area contributed by atoms with Crippen molar-refractivity contribution in [3.05, 3.63) is 34.9 Å². The van der Waals surface area contributed by atoms with E-state index in [2.05, 4.69) is 45.9 Å². The van der Waals surface area contributed by atoms with Gasteiger partial charge in [-0.05, 0) is 43.4 Å². The highest BCUT2D eigenvalue weighted by molar-refractivity contribution is 5.33. The minimum absolute atomic E-state index is 0.328. The van der Waals surface area contributed by atoms with Gasteiger partial charge in [0.1, 0.15) is 0 Å². The van der Waals surface area contributed by atoms with E-state index in [1.54, 1.807) is 0 Å². The predicted octanol–water partition coefficient (Wildman–Crippen LogP) is 3.95. The smallest absolute Gasteiger partial charge is 0.0896 e. The van der Waals surface area contributed by atoms with Crippen LogP contribution < -0.4 is 0 Å². The minimum Gasteiger partial charge on any atom is -0.385 e. The van der Waals surface area contributed by atoms with Crippen LogP contribution in [-0.2, 0) is 5.60 Å². The molecule has 0 aromatic heterocycles. The molecule has 0 aliphatic rings. The number of hydrogen-bond donors (Lipinski definition) is 1. The van der Waals surface area contributed by atoms with Gasteiger partial charge in [-0.3, -0.25) is 0 Å². The molecule has 0 spiro atoms. The number of benzene rings is 1. The van der Waals surface area contributed by atoms with Gasteiger partial charge in [-0.25, -0.2) is 0 Å². The summed E-state index contributed by atoms with van der Waals surface area (Å²) in [5.74, 6) is 0.328. The van der Waals surface area contributed by atoms with Crippen LogP contribution in [-0.4, -0.2) is 5.11 Å². The first kappa shape index (κ1) is 13.2. The molecule has 0 aliphatic carbocycles. The standard InChI is InChI=1S/C15H24O/c1-6-13(7-2)15(5,16)14-9-8-11(3)12(4)10-14/h8-10,13,16H,6-7H2,1-5H3. The van der Waals surface area contributed by atoms with Crippen molar-refractivity contribution in [1.82, 2.24) is 0 Å². The summed E-state index contributed by atoms with van der Waals surface area (Å²) < 4.78 is 0. The van der Waals surface area contributed by atoms with Crippen LogP contribution in [0.25, 0.3) is 0 Å². The summed E-state index contributed by atoms with van der Waals surface area (Å²) in [6.07, 6.45) is 2.02. The van der Waals surface area contributed by atoms with Crippen LogP contribution in [0.4, 0.5) is 0 Å². The van der Waals surface area contributed by atoms with Gasteiger partial charge in [-0.1, -0.05) is 44.9 Å². The van der Waals surface area contributed by atoms with Crippen molar-refractivity contribution in [2.75, 3.05) is 0 Å². The zero-order valence-electron chi connectivity index (χ0n) is 11.2. The molecule has 1 atom stereocenters. The third-order valence-corrected chi connectivity index (χ3v) is 3.87. The Labute approximate surface area is 99.5 Å². The van der Waals surface area contributed by atoms with E-state index in [-0.39, 0.29) is 0 Å². The second kappa shape index (κ2) is 5.01. The van der Waals surface area contributed by atoms with E-state index >= 15 is 0 Å². The molecule has 0 amide bonds. The van der Waals surface area contributed by atoms with E-state index in [1.807, 2.05) is 6.92 Å². The molecule has 1 heteroatoms. The summed E-state index contributed by atoms with van der Waals surface area (Å²) >= 11 is 0. The van der Waals surface area contributed by atoms with E-state index < -0.39 is 5.60 Å². The highest BCUT2D eigenvalue weighted by Crippen LogP contribution is 2.34. The maximum Gasteiger partial charge on any atom is 0.0896 e. The number of aryl methyl sites for hydroxylation is 2. The maximum absolute atomic E-state index is 10.7. The van der Waals surface area contributed by atoms with Crippen LogP contribution in [0.5, 0.6) is 0 Å². The zero-order chi connectivity index (χ0) is 12.3. The molecule has 0 heterocycles. The monoisotopic (exact) mass is 220 g/mol. The molecule has 1 N–H and O–H groups in total. The average Bonchev–Trinajstić information content (AvgIpc) is 2.23. The van der Waals surface area contributed by atoms with Crippen molar-refractivity contribution in [3.8, 4) is 0 Å². The highest BCUT2D eigenvalue weighted by atomic mass is 16.3. The van der Waals surface area contributed by atoms with Gasteiger partial charge < -0.3 is 5.11 Å². The summed E-state index contributed by atoms with van der Waals surface area (Å²) in [5, 5.41) is 10.7. The van der Waals surface area contributed by atoms with Gasteiger partial charge in [0.25, 0.3) is 0 Å². The van der Waals surface area contributed by atoms with Crippen LogP contribution in [0, 0.1) is 19.8 Å². The lowest BCUT2D eigenvalue weighted by Crippen LogP contribution is -2.31. The first-order valence-electron chi connectivity index (χ1n) is 6.23. The van der Waals surface area contributed by atoms with Crippen LogP contribution in [0.15, 0.2) is 18.2 Å². The van der Waals surface area contributed by atoms with Crippen LogP contribution in [0.3, 0.4) is 0 Å². The molecule has 0 fully saturated rings. The van der Waals surface area contributed by atoms with E-state index in [4.69, 9.17) is 0 Å². The number of hydrogen-bond acceptors (Lipinski definition) is 1. The van der Waals surface area contributed by atoms with Crippen molar-refractivity contribution in [2.24, 2.45) is 5.92 Å². The van der Waals surface area contributed by atoms with Crippen LogP contribution in [0.2, 0.25) is 0 Å². The van der Waals surface area contributed by atoms with Gasteiger partial charge in [0.15, 0.2) is 0 Å². The Bertz CT molecular complexity index is 348. The van der Waals surface area contributed by atoms with E-state index in [9.17, 15) is 5.11 Å². The summed E-state index contributed by atoms with van der Waals surface area (Å²) in [6, 6.07) is 6.27. The van der Waals surface area contributed by atoms with Crippen molar-refractivity contribution in [1.29, 1.82) is 0 Å². The number of rotatable bonds is 4. The molecule has 0 aliphatic heterocycles. The van der Waals surface area contributed by atoms with E-state index in [1.165, 1.54) is 11.1 Å². The average molecular weight is 220 g/mol. The third-order valence-electron chi connectivity index (χ3n) is 3.87. The third kappa shape index (κ3) is 2.46. The van der Waals surface area contributed by atoms with Gasteiger partial charge in [-0.2, -0.15) is 0 Å². The highest BCUT2D eigenvalue weighted by Gasteiger charge is 2.31. The summed E-state index contributed by atoms with van der Waals surface area (Å²) in [6.45, 7) is 10.4. The topological polar surface area (TPSA) is 20.2 Å². The molecular formula is C15H24O. The summed E-state index contributed by atoms with van der Waals surface area (Å²) in [4.78, 5) is 0.